The second-order valence-corrected chi connectivity index (χ2v) is 6.99. The van der Waals surface area contributed by atoms with Gasteiger partial charge in [-0.1, -0.05) is 18.6 Å². The van der Waals surface area contributed by atoms with Crippen molar-refractivity contribution in [2.45, 2.75) is 46.1 Å². The molecule has 1 unspecified atom stereocenters. The number of urea groups is 1. The molecule has 0 bridgehead atoms. The van der Waals surface area contributed by atoms with E-state index in [0.29, 0.717) is 25.6 Å². The molecule has 1 aliphatic carbocycles. The molecular formula is C20H33ClN4O2. The zero-order valence-corrected chi connectivity index (χ0v) is 17.3. The summed E-state index contributed by atoms with van der Waals surface area (Å²) >= 11 is 0. The normalized spacial score (nSPS) is 19.7. The smallest absolute Gasteiger partial charge is 0.321 e. The van der Waals surface area contributed by atoms with E-state index in [9.17, 15) is 9.59 Å². The van der Waals surface area contributed by atoms with Crippen LogP contribution in [0.2, 0.25) is 0 Å². The number of nitrogens with two attached hydrogens (primary N) is 1. The maximum atomic E-state index is 12.5. The molecule has 2 rings (SSSR count). The third kappa shape index (κ3) is 6.11. The van der Waals surface area contributed by atoms with E-state index >= 15 is 0 Å². The second-order valence-electron chi connectivity index (χ2n) is 6.99. The minimum absolute atomic E-state index is 0. The maximum absolute atomic E-state index is 12.5. The maximum Gasteiger partial charge on any atom is 0.321 e. The first kappa shape index (κ1) is 23.2. The quantitative estimate of drug-likeness (QED) is 0.658. The van der Waals surface area contributed by atoms with Crippen LogP contribution in [0.3, 0.4) is 0 Å². The van der Waals surface area contributed by atoms with Crippen molar-refractivity contribution in [3.8, 4) is 0 Å². The number of carbonyl (C=O) groups excluding carboxylic acids is 2. The number of benzene rings is 1. The molecule has 0 aromatic heterocycles. The van der Waals surface area contributed by atoms with Gasteiger partial charge in [0.2, 0.25) is 5.91 Å². The van der Waals surface area contributed by atoms with Gasteiger partial charge in [-0.15, -0.1) is 12.4 Å². The lowest BCUT2D eigenvalue weighted by Gasteiger charge is -2.22. The molecule has 3 amide bonds. The SMILES string of the molecule is CCN(CC)C(=O)Nc1ccc(C(C)NC(=O)[C@@H]2CCC[C@@H]2CN)cc1.Cl. The van der Waals surface area contributed by atoms with E-state index in [1.165, 1.54) is 0 Å². The molecular weight excluding hydrogens is 364 g/mol. The Morgan fingerprint density at radius 1 is 1.19 bits per heavy atom. The highest BCUT2D eigenvalue weighted by atomic mass is 35.5. The van der Waals surface area contributed by atoms with Gasteiger partial charge in [0.15, 0.2) is 0 Å². The van der Waals surface area contributed by atoms with Crippen molar-refractivity contribution in [1.82, 2.24) is 10.2 Å². The van der Waals surface area contributed by atoms with E-state index in [2.05, 4.69) is 10.6 Å². The Hall–Kier alpha value is -1.79. The van der Waals surface area contributed by atoms with Crippen LogP contribution in [0, 0.1) is 11.8 Å². The Labute approximate surface area is 168 Å². The third-order valence-corrected chi connectivity index (χ3v) is 5.37. The summed E-state index contributed by atoms with van der Waals surface area (Å²) in [5, 5.41) is 6.00. The highest BCUT2D eigenvalue weighted by molar-refractivity contribution is 5.89. The summed E-state index contributed by atoms with van der Waals surface area (Å²) in [6.45, 7) is 7.82. The lowest BCUT2D eigenvalue weighted by molar-refractivity contribution is -0.126. The molecule has 0 spiro atoms. The van der Waals surface area contributed by atoms with Gasteiger partial charge in [-0.25, -0.2) is 4.79 Å². The summed E-state index contributed by atoms with van der Waals surface area (Å²) in [5.74, 6) is 0.444. The first-order valence-electron chi connectivity index (χ1n) is 9.66. The van der Waals surface area contributed by atoms with Gasteiger partial charge in [0.25, 0.3) is 0 Å². The van der Waals surface area contributed by atoms with Gasteiger partial charge in [0.05, 0.1) is 6.04 Å². The average Bonchev–Trinajstić information content (AvgIpc) is 3.12. The number of rotatable bonds is 7. The molecule has 0 saturated heterocycles. The monoisotopic (exact) mass is 396 g/mol. The molecule has 0 radical (unpaired) electrons. The van der Waals surface area contributed by atoms with Crippen molar-refractivity contribution in [2.75, 3.05) is 25.0 Å². The zero-order valence-electron chi connectivity index (χ0n) is 16.5. The molecule has 1 fully saturated rings. The van der Waals surface area contributed by atoms with Crippen LogP contribution in [0.15, 0.2) is 24.3 Å². The van der Waals surface area contributed by atoms with Crippen LogP contribution in [0.25, 0.3) is 0 Å². The van der Waals surface area contributed by atoms with Gasteiger partial charge in [-0.3, -0.25) is 4.79 Å². The van der Waals surface area contributed by atoms with Gasteiger partial charge in [-0.05, 0) is 63.8 Å². The highest BCUT2D eigenvalue weighted by Gasteiger charge is 2.32. The number of amides is 3. The molecule has 1 aromatic carbocycles. The van der Waals surface area contributed by atoms with E-state index in [0.717, 1.165) is 30.5 Å². The molecule has 27 heavy (non-hydrogen) atoms. The minimum Gasteiger partial charge on any atom is -0.349 e. The largest absolute Gasteiger partial charge is 0.349 e. The van der Waals surface area contributed by atoms with Crippen molar-refractivity contribution < 1.29 is 9.59 Å². The number of nitrogens with zero attached hydrogens (tertiary/aromatic N) is 1. The summed E-state index contributed by atoms with van der Waals surface area (Å²) in [6.07, 6.45) is 3.05. The summed E-state index contributed by atoms with van der Waals surface area (Å²) in [5.41, 5.74) is 7.55. The molecule has 1 aromatic rings. The van der Waals surface area contributed by atoms with Crippen molar-refractivity contribution in [1.29, 1.82) is 0 Å². The molecule has 152 valence electrons. The van der Waals surface area contributed by atoms with Crippen LogP contribution in [0.1, 0.15) is 51.6 Å². The predicted octanol–water partition coefficient (Wildman–Crippen LogP) is 3.53. The number of carbonyl (C=O) groups is 2. The average molecular weight is 397 g/mol. The Morgan fingerprint density at radius 3 is 2.37 bits per heavy atom. The molecule has 4 N–H and O–H groups in total. The standard InChI is InChI=1S/C20H32N4O2.ClH/c1-4-24(5-2)20(26)23-17-11-9-15(10-12-17)14(3)22-19(25)18-8-6-7-16(18)13-21;/h9-12,14,16,18H,4-8,13,21H2,1-3H3,(H,22,25)(H,23,26);1H/t14?,16-,18-;/m1./s1. The summed E-state index contributed by atoms with van der Waals surface area (Å²) in [6, 6.07) is 7.46. The van der Waals surface area contributed by atoms with Gasteiger partial charge < -0.3 is 21.3 Å². The van der Waals surface area contributed by atoms with E-state index in [1.807, 2.05) is 45.0 Å². The van der Waals surface area contributed by atoms with Crippen molar-refractivity contribution in [3.05, 3.63) is 29.8 Å². The molecule has 1 saturated carbocycles. The number of nitrogens with one attached hydrogen (secondary N) is 2. The van der Waals surface area contributed by atoms with Crippen molar-refractivity contribution in [2.24, 2.45) is 17.6 Å². The third-order valence-electron chi connectivity index (χ3n) is 5.37. The topological polar surface area (TPSA) is 87.5 Å². The van der Waals surface area contributed by atoms with Crippen LogP contribution < -0.4 is 16.4 Å². The minimum atomic E-state index is -0.0989. The first-order chi connectivity index (χ1) is 12.5. The first-order valence-corrected chi connectivity index (χ1v) is 9.66. The number of anilines is 1. The lowest BCUT2D eigenvalue weighted by atomic mass is 9.94. The zero-order chi connectivity index (χ0) is 19.1. The van der Waals surface area contributed by atoms with Crippen molar-refractivity contribution in [3.63, 3.8) is 0 Å². The summed E-state index contributed by atoms with van der Waals surface area (Å²) < 4.78 is 0. The van der Waals surface area contributed by atoms with Gasteiger partial charge in [0, 0.05) is 24.7 Å². The number of halogens is 1. The van der Waals surface area contributed by atoms with Crippen LogP contribution in [0.4, 0.5) is 10.5 Å². The Kier molecular flexibility index (Phi) is 9.60. The molecule has 0 aliphatic heterocycles. The molecule has 3 atom stereocenters. The van der Waals surface area contributed by atoms with E-state index < -0.39 is 0 Å². The molecule has 0 heterocycles. The highest BCUT2D eigenvalue weighted by Crippen LogP contribution is 2.31. The van der Waals surface area contributed by atoms with Crippen LogP contribution in [-0.4, -0.2) is 36.5 Å². The second kappa shape index (κ2) is 11.1. The van der Waals surface area contributed by atoms with Crippen LogP contribution in [-0.2, 0) is 4.79 Å². The fourth-order valence-electron chi connectivity index (χ4n) is 3.64. The van der Waals surface area contributed by atoms with Crippen LogP contribution >= 0.6 is 12.4 Å². The van der Waals surface area contributed by atoms with Crippen molar-refractivity contribution >= 4 is 30.0 Å². The molecule has 1 aliphatic rings. The Bertz CT molecular complexity index is 605. The van der Waals surface area contributed by atoms with E-state index in [1.54, 1.807) is 4.90 Å². The van der Waals surface area contributed by atoms with E-state index in [-0.39, 0.29) is 36.3 Å². The van der Waals surface area contributed by atoms with Gasteiger partial charge in [0.1, 0.15) is 0 Å². The summed E-state index contributed by atoms with van der Waals surface area (Å²) in [7, 11) is 0. The van der Waals surface area contributed by atoms with Gasteiger partial charge in [-0.2, -0.15) is 0 Å². The van der Waals surface area contributed by atoms with Gasteiger partial charge >= 0.3 is 6.03 Å². The molecule has 6 nitrogen and oxygen atoms in total. The molecule has 7 heteroatoms. The number of hydrogen-bond acceptors (Lipinski definition) is 3. The fraction of sp³-hybridized carbons (Fsp3) is 0.600. The van der Waals surface area contributed by atoms with Crippen LogP contribution in [0.5, 0.6) is 0 Å². The Morgan fingerprint density at radius 2 is 1.81 bits per heavy atom. The summed E-state index contributed by atoms with van der Waals surface area (Å²) in [4.78, 5) is 26.3. The van der Waals surface area contributed by atoms with E-state index in [4.69, 9.17) is 5.73 Å². The number of hydrogen-bond donors (Lipinski definition) is 3. The lowest BCUT2D eigenvalue weighted by Crippen LogP contribution is -2.36. The Balaban J connectivity index is 0.00000364. The predicted molar refractivity (Wildman–Crippen MR) is 112 cm³/mol. The fourth-order valence-corrected chi connectivity index (χ4v) is 3.64.